The highest BCUT2D eigenvalue weighted by molar-refractivity contribution is 7.10. The third kappa shape index (κ3) is 4.70. The summed E-state index contributed by atoms with van der Waals surface area (Å²) in [6.07, 6.45) is 0. The highest BCUT2D eigenvalue weighted by Gasteiger charge is 2.17. The molecule has 1 N–H and O–H groups in total. The summed E-state index contributed by atoms with van der Waals surface area (Å²) >= 11 is 3.67. The van der Waals surface area contributed by atoms with Crippen LogP contribution in [0, 0.1) is 0 Å². The minimum atomic E-state index is 0.539. The fraction of sp³-hybridized carbons (Fsp3) is 0.500. The molecule has 4 heteroatoms. The maximum atomic E-state index is 3.57. The molecule has 2 nitrogen and oxygen atoms in total. The summed E-state index contributed by atoms with van der Waals surface area (Å²) < 4.78 is 0. The maximum absolute atomic E-state index is 3.57. The van der Waals surface area contributed by atoms with Crippen molar-refractivity contribution in [3.8, 4) is 0 Å². The van der Waals surface area contributed by atoms with Gasteiger partial charge in [0.1, 0.15) is 0 Å². The second-order valence-electron chi connectivity index (χ2n) is 5.40. The number of thiophene rings is 2. The summed E-state index contributed by atoms with van der Waals surface area (Å²) in [6, 6.07) is 9.77. The Labute approximate surface area is 130 Å². The lowest BCUT2D eigenvalue weighted by atomic mass is 10.2. The van der Waals surface area contributed by atoms with Crippen molar-refractivity contribution in [2.45, 2.75) is 45.9 Å². The quantitative estimate of drug-likeness (QED) is 0.786. The van der Waals surface area contributed by atoms with E-state index in [1.54, 1.807) is 0 Å². The predicted octanol–water partition coefficient (Wildman–Crippen LogP) is 4.20. The van der Waals surface area contributed by atoms with Crippen LogP contribution < -0.4 is 5.32 Å². The van der Waals surface area contributed by atoms with Crippen molar-refractivity contribution in [3.05, 3.63) is 44.8 Å². The molecule has 0 aliphatic rings. The molecular formula is C16H24N2S2. The average molecular weight is 309 g/mol. The van der Waals surface area contributed by atoms with E-state index in [0.717, 1.165) is 19.6 Å². The Balaban J connectivity index is 1.82. The van der Waals surface area contributed by atoms with E-state index in [4.69, 9.17) is 0 Å². The fourth-order valence-corrected chi connectivity index (χ4v) is 3.75. The van der Waals surface area contributed by atoms with Gasteiger partial charge in [-0.1, -0.05) is 12.1 Å². The second-order valence-corrected chi connectivity index (χ2v) is 7.47. The maximum Gasteiger partial charge on any atom is 0.0333 e. The first-order valence-corrected chi connectivity index (χ1v) is 8.94. The molecule has 0 aromatic carbocycles. The highest BCUT2D eigenvalue weighted by Crippen LogP contribution is 2.16. The van der Waals surface area contributed by atoms with Crippen LogP contribution in [-0.4, -0.2) is 23.5 Å². The van der Waals surface area contributed by atoms with Crippen LogP contribution in [0.3, 0.4) is 0 Å². The van der Waals surface area contributed by atoms with Crippen LogP contribution in [0.5, 0.6) is 0 Å². The van der Waals surface area contributed by atoms with Gasteiger partial charge in [0.25, 0.3) is 0 Å². The summed E-state index contributed by atoms with van der Waals surface area (Å²) in [5, 5.41) is 7.87. The van der Waals surface area contributed by atoms with Gasteiger partial charge < -0.3 is 5.32 Å². The van der Waals surface area contributed by atoms with Crippen LogP contribution in [-0.2, 0) is 13.1 Å². The van der Waals surface area contributed by atoms with Gasteiger partial charge in [0.2, 0.25) is 0 Å². The van der Waals surface area contributed by atoms with E-state index in [2.05, 4.69) is 66.0 Å². The van der Waals surface area contributed by atoms with E-state index in [-0.39, 0.29) is 0 Å². The second kappa shape index (κ2) is 7.93. The van der Waals surface area contributed by atoms with Crippen molar-refractivity contribution in [2.24, 2.45) is 0 Å². The van der Waals surface area contributed by atoms with Crippen LogP contribution in [0.25, 0.3) is 0 Å². The zero-order valence-corrected chi connectivity index (χ0v) is 14.1. The van der Waals surface area contributed by atoms with Crippen molar-refractivity contribution in [2.75, 3.05) is 6.54 Å². The van der Waals surface area contributed by atoms with Crippen molar-refractivity contribution < 1.29 is 0 Å². The summed E-state index contributed by atoms with van der Waals surface area (Å²) in [5.74, 6) is 0. The number of hydrogen-bond acceptors (Lipinski definition) is 4. The molecule has 0 saturated carbocycles. The zero-order valence-electron chi connectivity index (χ0n) is 12.5. The van der Waals surface area contributed by atoms with Gasteiger partial charge >= 0.3 is 0 Å². The number of nitrogens with zero attached hydrogens (tertiary/aromatic N) is 1. The Morgan fingerprint density at radius 2 is 1.70 bits per heavy atom. The molecule has 20 heavy (non-hydrogen) atoms. The summed E-state index contributed by atoms with van der Waals surface area (Å²) in [6.45, 7) is 9.94. The molecule has 0 amide bonds. The lowest BCUT2D eigenvalue weighted by Crippen LogP contribution is -2.43. The molecule has 0 spiro atoms. The monoisotopic (exact) mass is 308 g/mol. The van der Waals surface area contributed by atoms with E-state index < -0.39 is 0 Å². The first-order chi connectivity index (χ1) is 9.66. The standard InChI is InChI=1S/C16H24N2S2/c1-13(2)18(12-16-7-5-9-20-16)14(3)10-17-11-15-6-4-8-19-15/h4-9,13-14,17H,10-12H2,1-3H3. The third-order valence-electron chi connectivity index (χ3n) is 3.47. The SMILES string of the molecule is CC(C)N(Cc1cccs1)C(C)CNCc1cccs1. The van der Waals surface area contributed by atoms with Crippen LogP contribution in [0.4, 0.5) is 0 Å². The van der Waals surface area contributed by atoms with Crippen LogP contribution >= 0.6 is 22.7 Å². The smallest absolute Gasteiger partial charge is 0.0333 e. The zero-order chi connectivity index (χ0) is 14.4. The van der Waals surface area contributed by atoms with Crippen molar-refractivity contribution in [1.29, 1.82) is 0 Å². The molecule has 1 atom stereocenters. The molecule has 0 aliphatic heterocycles. The van der Waals surface area contributed by atoms with Gasteiger partial charge in [-0.15, -0.1) is 22.7 Å². The highest BCUT2D eigenvalue weighted by atomic mass is 32.1. The molecule has 0 fully saturated rings. The molecule has 0 radical (unpaired) electrons. The molecule has 0 saturated heterocycles. The molecule has 0 bridgehead atoms. The Hall–Kier alpha value is -0.680. The van der Waals surface area contributed by atoms with E-state index in [1.807, 2.05) is 22.7 Å². The minimum Gasteiger partial charge on any atom is -0.310 e. The van der Waals surface area contributed by atoms with E-state index in [0.29, 0.717) is 12.1 Å². The van der Waals surface area contributed by atoms with Gasteiger partial charge in [-0.25, -0.2) is 0 Å². The van der Waals surface area contributed by atoms with Gasteiger partial charge in [-0.3, -0.25) is 4.90 Å². The van der Waals surface area contributed by atoms with Crippen LogP contribution in [0.15, 0.2) is 35.0 Å². The van der Waals surface area contributed by atoms with Crippen molar-refractivity contribution in [3.63, 3.8) is 0 Å². The fourth-order valence-electron chi connectivity index (χ4n) is 2.36. The Kier molecular flexibility index (Phi) is 6.23. The third-order valence-corrected chi connectivity index (χ3v) is 5.20. The summed E-state index contributed by atoms with van der Waals surface area (Å²) in [5.41, 5.74) is 0. The molecule has 2 aromatic rings. The van der Waals surface area contributed by atoms with E-state index in [1.165, 1.54) is 9.75 Å². The first-order valence-electron chi connectivity index (χ1n) is 7.18. The van der Waals surface area contributed by atoms with E-state index in [9.17, 15) is 0 Å². The predicted molar refractivity (Wildman–Crippen MR) is 90.5 cm³/mol. The number of rotatable bonds is 8. The number of nitrogens with one attached hydrogen (secondary N) is 1. The molecule has 1 unspecified atom stereocenters. The first kappa shape index (κ1) is 15.7. The molecule has 0 aliphatic carbocycles. The molecule has 2 aromatic heterocycles. The van der Waals surface area contributed by atoms with E-state index >= 15 is 0 Å². The number of hydrogen-bond donors (Lipinski definition) is 1. The van der Waals surface area contributed by atoms with Gasteiger partial charge in [-0.05, 0) is 43.7 Å². The Bertz CT molecular complexity index is 463. The Morgan fingerprint density at radius 1 is 1.05 bits per heavy atom. The normalized spacial score (nSPS) is 13.2. The lowest BCUT2D eigenvalue weighted by Gasteiger charge is -2.32. The van der Waals surface area contributed by atoms with Gasteiger partial charge in [-0.2, -0.15) is 0 Å². The van der Waals surface area contributed by atoms with Crippen LogP contribution in [0.2, 0.25) is 0 Å². The topological polar surface area (TPSA) is 15.3 Å². The molecule has 2 heterocycles. The minimum absolute atomic E-state index is 0.539. The largest absolute Gasteiger partial charge is 0.310 e. The van der Waals surface area contributed by atoms with Crippen LogP contribution in [0.1, 0.15) is 30.5 Å². The molecule has 110 valence electrons. The molecule has 2 rings (SSSR count). The van der Waals surface area contributed by atoms with Gasteiger partial charge in [0.15, 0.2) is 0 Å². The molecular weight excluding hydrogens is 284 g/mol. The summed E-state index contributed by atoms with van der Waals surface area (Å²) in [4.78, 5) is 5.42. The van der Waals surface area contributed by atoms with Gasteiger partial charge in [0.05, 0.1) is 0 Å². The lowest BCUT2D eigenvalue weighted by molar-refractivity contribution is 0.153. The van der Waals surface area contributed by atoms with Crippen molar-refractivity contribution in [1.82, 2.24) is 10.2 Å². The summed E-state index contributed by atoms with van der Waals surface area (Å²) in [7, 11) is 0. The average Bonchev–Trinajstić information content (AvgIpc) is 3.08. The van der Waals surface area contributed by atoms with Gasteiger partial charge in [0, 0.05) is 41.5 Å². The Morgan fingerprint density at radius 3 is 2.25 bits per heavy atom. The van der Waals surface area contributed by atoms with Crippen molar-refractivity contribution >= 4 is 22.7 Å².